The number of alkyl carbamates (subject to hydrolysis) is 1. The van der Waals surface area contributed by atoms with Gasteiger partial charge in [-0.15, -0.1) is 0 Å². The fourth-order valence-electron chi connectivity index (χ4n) is 1.29. The number of carbonyl (C=O) groups is 1. The Morgan fingerprint density at radius 2 is 2.14 bits per heavy atom. The number of amides is 1. The molecule has 1 aromatic carbocycles. The van der Waals surface area contributed by atoms with Gasteiger partial charge >= 0.3 is 6.09 Å². The molecule has 0 aromatic heterocycles. The number of hydrogen-bond donors (Lipinski definition) is 1. The van der Waals surface area contributed by atoms with Crippen molar-refractivity contribution in [2.45, 2.75) is 6.10 Å². The molecule has 3 heteroatoms. The topological polar surface area (TPSA) is 38.3 Å². The fourth-order valence-corrected chi connectivity index (χ4v) is 1.29. The summed E-state index contributed by atoms with van der Waals surface area (Å²) in [6, 6.07) is 9.91. The highest BCUT2D eigenvalue weighted by Gasteiger charge is 2.18. The minimum atomic E-state index is -0.340. The van der Waals surface area contributed by atoms with Gasteiger partial charge in [0.15, 0.2) is 0 Å². The summed E-state index contributed by atoms with van der Waals surface area (Å²) in [4.78, 5) is 10.7. The number of rotatable bonds is 2. The van der Waals surface area contributed by atoms with Crippen molar-refractivity contribution in [1.29, 1.82) is 0 Å². The van der Waals surface area contributed by atoms with E-state index in [1.807, 2.05) is 42.5 Å². The third-order valence-corrected chi connectivity index (χ3v) is 2.01. The molecule has 14 heavy (non-hydrogen) atoms. The maximum Gasteiger partial charge on any atom is 0.407 e. The lowest BCUT2D eigenvalue weighted by molar-refractivity contribution is 0.158. The van der Waals surface area contributed by atoms with E-state index in [9.17, 15) is 4.79 Å². The van der Waals surface area contributed by atoms with E-state index in [0.29, 0.717) is 6.54 Å². The molecule has 2 rings (SSSR count). The summed E-state index contributed by atoms with van der Waals surface area (Å²) in [5, 5.41) is 2.59. The van der Waals surface area contributed by atoms with Crippen LogP contribution in [-0.2, 0) is 4.74 Å². The van der Waals surface area contributed by atoms with E-state index >= 15 is 0 Å². The lowest BCUT2D eigenvalue weighted by Crippen LogP contribution is -2.13. The van der Waals surface area contributed by atoms with Gasteiger partial charge in [0.2, 0.25) is 0 Å². The third kappa shape index (κ3) is 2.13. The molecule has 1 heterocycles. The molecule has 1 N–H and O–H groups in total. The molecular formula is C11H11NO2. The van der Waals surface area contributed by atoms with Crippen molar-refractivity contribution in [3.05, 3.63) is 42.0 Å². The summed E-state index contributed by atoms with van der Waals surface area (Å²) in [6.07, 6.45) is 3.36. The Hall–Kier alpha value is -1.77. The highest BCUT2D eigenvalue weighted by molar-refractivity contribution is 5.70. The first kappa shape index (κ1) is 8.81. The van der Waals surface area contributed by atoms with Crippen LogP contribution in [0, 0.1) is 0 Å². The van der Waals surface area contributed by atoms with E-state index in [0.717, 1.165) is 5.56 Å². The van der Waals surface area contributed by atoms with Gasteiger partial charge in [0.25, 0.3) is 0 Å². The molecule has 72 valence electrons. The Balaban J connectivity index is 1.97. The minimum absolute atomic E-state index is 0.136. The second kappa shape index (κ2) is 3.96. The van der Waals surface area contributed by atoms with Crippen LogP contribution in [-0.4, -0.2) is 18.7 Å². The van der Waals surface area contributed by atoms with E-state index in [1.165, 1.54) is 0 Å². The van der Waals surface area contributed by atoms with E-state index in [-0.39, 0.29) is 12.2 Å². The second-order valence-corrected chi connectivity index (χ2v) is 3.09. The van der Waals surface area contributed by atoms with Crippen molar-refractivity contribution < 1.29 is 9.53 Å². The first-order valence-corrected chi connectivity index (χ1v) is 4.52. The zero-order chi connectivity index (χ0) is 9.80. The van der Waals surface area contributed by atoms with Crippen LogP contribution >= 0.6 is 0 Å². The average molecular weight is 189 g/mol. The van der Waals surface area contributed by atoms with Gasteiger partial charge in [0.05, 0.1) is 6.54 Å². The number of benzene rings is 1. The van der Waals surface area contributed by atoms with Crippen LogP contribution in [0.15, 0.2) is 36.4 Å². The van der Waals surface area contributed by atoms with Gasteiger partial charge in [0, 0.05) is 0 Å². The van der Waals surface area contributed by atoms with Gasteiger partial charge in [-0.2, -0.15) is 0 Å². The quantitative estimate of drug-likeness (QED) is 0.770. The van der Waals surface area contributed by atoms with Crippen LogP contribution in [0.3, 0.4) is 0 Å². The molecule has 0 saturated carbocycles. The van der Waals surface area contributed by atoms with Crippen LogP contribution in [0.25, 0.3) is 6.08 Å². The number of nitrogens with one attached hydrogen (secondary N) is 1. The van der Waals surface area contributed by atoms with Gasteiger partial charge in [-0.3, -0.25) is 0 Å². The van der Waals surface area contributed by atoms with Crippen molar-refractivity contribution in [1.82, 2.24) is 5.32 Å². The normalized spacial score (nSPS) is 20.9. The van der Waals surface area contributed by atoms with Crippen molar-refractivity contribution in [3.8, 4) is 0 Å². The third-order valence-electron chi connectivity index (χ3n) is 2.01. The summed E-state index contributed by atoms with van der Waals surface area (Å²) in [5.41, 5.74) is 1.11. The number of ether oxygens (including phenoxy) is 1. The molecule has 0 bridgehead atoms. The van der Waals surface area contributed by atoms with E-state index in [1.54, 1.807) is 0 Å². The molecular weight excluding hydrogens is 178 g/mol. The van der Waals surface area contributed by atoms with Crippen LogP contribution in [0.5, 0.6) is 0 Å². The predicted molar refractivity (Wildman–Crippen MR) is 53.7 cm³/mol. The molecule has 1 amide bonds. The highest BCUT2D eigenvalue weighted by atomic mass is 16.6. The molecule has 1 fully saturated rings. The molecule has 1 unspecified atom stereocenters. The lowest BCUT2D eigenvalue weighted by Gasteiger charge is -1.99. The van der Waals surface area contributed by atoms with E-state index in [2.05, 4.69) is 5.32 Å². The van der Waals surface area contributed by atoms with Crippen molar-refractivity contribution in [3.63, 3.8) is 0 Å². The molecule has 1 atom stereocenters. The van der Waals surface area contributed by atoms with Crippen LogP contribution in [0.4, 0.5) is 4.79 Å². The minimum Gasteiger partial charge on any atom is -0.440 e. The summed E-state index contributed by atoms with van der Waals surface area (Å²) < 4.78 is 4.95. The maximum atomic E-state index is 10.7. The summed E-state index contributed by atoms with van der Waals surface area (Å²) >= 11 is 0. The molecule has 3 nitrogen and oxygen atoms in total. The number of hydrogen-bond acceptors (Lipinski definition) is 2. The Kier molecular flexibility index (Phi) is 2.49. The summed E-state index contributed by atoms with van der Waals surface area (Å²) in [7, 11) is 0. The Labute approximate surface area is 82.4 Å². The molecule has 0 aliphatic carbocycles. The van der Waals surface area contributed by atoms with Gasteiger partial charge in [-0.05, 0) is 11.6 Å². The summed E-state index contributed by atoms with van der Waals surface area (Å²) in [6.45, 7) is 0.558. The first-order chi connectivity index (χ1) is 6.84. The number of cyclic esters (lactones) is 1. The zero-order valence-corrected chi connectivity index (χ0v) is 7.64. The van der Waals surface area contributed by atoms with Crippen LogP contribution in [0.1, 0.15) is 5.56 Å². The molecule has 1 saturated heterocycles. The van der Waals surface area contributed by atoms with Crippen molar-refractivity contribution >= 4 is 12.2 Å². The van der Waals surface area contributed by atoms with Gasteiger partial charge in [-0.1, -0.05) is 36.4 Å². The SMILES string of the molecule is O=C1NCC(/C=C/c2ccccc2)O1. The largest absolute Gasteiger partial charge is 0.440 e. The molecule has 0 radical (unpaired) electrons. The monoisotopic (exact) mass is 189 g/mol. The van der Waals surface area contributed by atoms with Gasteiger partial charge < -0.3 is 10.1 Å². The van der Waals surface area contributed by atoms with E-state index in [4.69, 9.17) is 4.74 Å². The predicted octanol–water partition coefficient (Wildman–Crippen LogP) is 1.81. The molecule has 0 spiro atoms. The van der Waals surface area contributed by atoms with Crippen LogP contribution in [0.2, 0.25) is 0 Å². The zero-order valence-electron chi connectivity index (χ0n) is 7.64. The smallest absolute Gasteiger partial charge is 0.407 e. The molecule has 1 aromatic rings. The maximum absolute atomic E-state index is 10.7. The Morgan fingerprint density at radius 1 is 1.36 bits per heavy atom. The molecule has 1 aliphatic rings. The Morgan fingerprint density at radius 3 is 2.79 bits per heavy atom. The average Bonchev–Trinajstić information content (AvgIpc) is 2.63. The van der Waals surface area contributed by atoms with E-state index < -0.39 is 0 Å². The van der Waals surface area contributed by atoms with Crippen LogP contribution < -0.4 is 5.32 Å². The fraction of sp³-hybridized carbons (Fsp3) is 0.182. The molecule has 1 aliphatic heterocycles. The van der Waals surface area contributed by atoms with Crippen molar-refractivity contribution in [2.24, 2.45) is 0 Å². The highest BCUT2D eigenvalue weighted by Crippen LogP contribution is 2.06. The second-order valence-electron chi connectivity index (χ2n) is 3.09. The lowest BCUT2D eigenvalue weighted by atomic mass is 10.2. The van der Waals surface area contributed by atoms with Gasteiger partial charge in [0.1, 0.15) is 6.10 Å². The Bertz CT molecular complexity index is 346. The first-order valence-electron chi connectivity index (χ1n) is 4.52. The number of carbonyl (C=O) groups excluding carboxylic acids is 1. The van der Waals surface area contributed by atoms with Gasteiger partial charge in [-0.25, -0.2) is 4.79 Å². The standard InChI is InChI=1S/C11H11NO2/c13-11-12-8-10(14-11)7-6-9-4-2-1-3-5-9/h1-7,10H,8H2,(H,12,13)/b7-6+. The van der Waals surface area contributed by atoms with Crippen molar-refractivity contribution in [2.75, 3.05) is 6.54 Å². The summed E-state index contributed by atoms with van der Waals surface area (Å²) in [5.74, 6) is 0.